The second kappa shape index (κ2) is 6.08. The quantitative estimate of drug-likeness (QED) is 0.865. The van der Waals surface area contributed by atoms with Crippen molar-refractivity contribution in [2.75, 3.05) is 11.9 Å². The van der Waals surface area contributed by atoms with Crippen LogP contribution >= 0.6 is 0 Å². The lowest BCUT2D eigenvalue weighted by Crippen LogP contribution is -2.18. The van der Waals surface area contributed by atoms with Gasteiger partial charge in [0.05, 0.1) is 12.2 Å². The summed E-state index contributed by atoms with van der Waals surface area (Å²) < 4.78 is 5.96. The van der Waals surface area contributed by atoms with E-state index in [1.54, 1.807) is 0 Å². The molecule has 4 nitrogen and oxygen atoms in total. The molecule has 2 aliphatic rings. The third-order valence-corrected chi connectivity index (χ3v) is 4.30. The highest BCUT2D eigenvalue weighted by molar-refractivity contribution is 5.37. The normalized spacial score (nSPS) is 28.0. The number of hydrogen-bond acceptors (Lipinski definition) is 4. The highest BCUT2D eigenvalue weighted by Crippen LogP contribution is 2.43. The Morgan fingerprint density at radius 1 is 1.25 bits per heavy atom. The largest absolute Gasteiger partial charge is 0.374 e. The molecule has 0 radical (unpaired) electrons. The van der Waals surface area contributed by atoms with Crippen LogP contribution in [-0.2, 0) is 11.2 Å². The maximum atomic E-state index is 5.96. The van der Waals surface area contributed by atoms with Crippen molar-refractivity contribution in [3.63, 3.8) is 0 Å². The number of ether oxygens (including phenoxy) is 1. The summed E-state index contributed by atoms with van der Waals surface area (Å²) in [5.74, 6) is 2.40. The third-order valence-electron chi connectivity index (χ3n) is 4.30. The zero-order valence-electron chi connectivity index (χ0n) is 12.6. The smallest absolute Gasteiger partial charge is 0.136 e. The SMILES string of the molecule is CCCNc1cc(CCC)nc(C2CC3CCC2O3)n1. The Morgan fingerprint density at radius 2 is 2.15 bits per heavy atom. The Balaban J connectivity index is 1.82. The van der Waals surface area contributed by atoms with E-state index in [1.807, 2.05) is 0 Å². The topological polar surface area (TPSA) is 47.0 Å². The predicted octanol–water partition coefficient (Wildman–Crippen LogP) is 3.29. The van der Waals surface area contributed by atoms with Crippen molar-refractivity contribution in [1.29, 1.82) is 0 Å². The van der Waals surface area contributed by atoms with Crippen molar-refractivity contribution < 1.29 is 4.74 Å². The Labute approximate surface area is 121 Å². The van der Waals surface area contributed by atoms with Crippen molar-refractivity contribution in [1.82, 2.24) is 9.97 Å². The van der Waals surface area contributed by atoms with E-state index in [4.69, 9.17) is 14.7 Å². The predicted molar refractivity (Wildman–Crippen MR) is 80.1 cm³/mol. The van der Waals surface area contributed by atoms with Gasteiger partial charge in [-0.15, -0.1) is 0 Å². The van der Waals surface area contributed by atoms with Gasteiger partial charge in [-0.2, -0.15) is 0 Å². The summed E-state index contributed by atoms with van der Waals surface area (Å²) in [6, 6.07) is 2.11. The lowest BCUT2D eigenvalue weighted by atomic mass is 9.88. The van der Waals surface area contributed by atoms with Gasteiger partial charge in [0.1, 0.15) is 11.6 Å². The van der Waals surface area contributed by atoms with E-state index < -0.39 is 0 Å². The van der Waals surface area contributed by atoms with Gasteiger partial charge in [-0.05, 0) is 32.1 Å². The zero-order valence-corrected chi connectivity index (χ0v) is 12.6. The summed E-state index contributed by atoms with van der Waals surface area (Å²) in [6.45, 7) is 5.34. The van der Waals surface area contributed by atoms with Crippen molar-refractivity contribution in [3.8, 4) is 0 Å². The van der Waals surface area contributed by atoms with Gasteiger partial charge in [0, 0.05) is 24.2 Å². The van der Waals surface area contributed by atoms with Gasteiger partial charge in [0.2, 0.25) is 0 Å². The molecule has 0 spiro atoms. The Morgan fingerprint density at radius 3 is 2.80 bits per heavy atom. The van der Waals surface area contributed by atoms with Crippen molar-refractivity contribution >= 4 is 5.82 Å². The Hall–Kier alpha value is -1.16. The molecule has 0 aliphatic carbocycles. The van der Waals surface area contributed by atoms with E-state index in [1.165, 1.54) is 18.5 Å². The molecule has 1 aromatic heterocycles. The van der Waals surface area contributed by atoms with Crippen molar-refractivity contribution in [2.45, 2.75) is 70.5 Å². The van der Waals surface area contributed by atoms with Gasteiger partial charge in [-0.25, -0.2) is 9.97 Å². The molecule has 3 atom stereocenters. The fourth-order valence-electron chi connectivity index (χ4n) is 3.32. The van der Waals surface area contributed by atoms with E-state index in [-0.39, 0.29) is 0 Å². The Bertz CT molecular complexity index is 463. The van der Waals surface area contributed by atoms with Gasteiger partial charge in [0.15, 0.2) is 0 Å². The summed E-state index contributed by atoms with van der Waals surface area (Å²) in [5.41, 5.74) is 1.17. The first-order valence-corrected chi connectivity index (χ1v) is 8.07. The number of rotatable bonds is 6. The summed E-state index contributed by atoms with van der Waals surface area (Å²) in [5, 5.41) is 3.41. The molecule has 3 heterocycles. The molecule has 2 aliphatic heterocycles. The average molecular weight is 275 g/mol. The standard InChI is InChI=1S/C16H25N3O/c1-3-5-11-9-15(17-8-4-2)19-16(18-11)13-10-12-6-7-14(13)20-12/h9,12-14H,3-8,10H2,1-2H3,(H,17,18,19). The first-order chi connectivity index (χ1) is 9.80. The van der Waals surface area contributed by atoms with E-state index in [9.17, 15) is 0 Å². The molecule has 2 bridgehead atoms. The van der Waals surface area contributed by atoms with Gasteiger partial charge < -0.3 is 10.1 Å². The first-order valence-electron chi connectivity index (χ1n) is 8.07. The minimum absolute atomic E-state index is 0.357. The van der Waals surface area contributed by atoms with Crippen LogP contribution in [-0.4, -0.2) is 28.7 Å². The molecule has 110 valence electrons. The van der Waals surface area contributed by atoms with E-state index >= 15 is 0 Å². The minimum Gasteiger partial charge on any atom is -0.374 e. The van der Waals surface area contributed by atoms with Crippen molar-refractivity contribution in [2.24, 2.45) is 0 Å². The van der Waals surface area contributed by atoms with Crippen LogP contribution in [0.5, 0.6) is 0 Å². The van der Waals surface area contributed by atoms with Crippen LogP contribution in [0.4, 0.5) is 5.82 Å². The molecule has 2 saturated heterocycles. The lowest BCUT2D eigenvalue weighted by molar-refractivity contribution is 0.0998. The average Bonchev–Trinajstić information content (AvgIpc) is 3.08. The number of aromatic nitrogens is 2. The van der Waals surface area contributed by atoms with Crippen LogP contribution < -0.4 is 5.32 Å². The number of anilines is 1. The molecule has 3 rings (SSSR count). The molecule has 20 heavy (non-hydrogen) atoms. The Kier molecular flexibility index (Phi) is 4.20. The molecule has 0 amide bonds. The monoisotopic (exact) mass is 275 g/mol. The lowest BCUT2D eigenvalue weighted by Gasteiger charge is -2.19. The van der Waals surface area contributed by atoms with E-state index in [0.29, 0.717) is 18.1 Å². The van der Waals surface area contributed by atoms with Crippen LogP contribution in [0.25, 0.3) is 0 Å². The molecular formula is C16H25N3O. The summed E-state index contributed by atoms with van der Waals surface area (Å²) >= 11 is 0. The number of hydrogen-bond donors (Lipinski definition) is 1. The van der Waals surface area contributed by atoms with Crippen LogP contribution in [0.3, 0.4) is 0 Å². The molecular weight excluding hydrogens is 250 g/mol. The van der Waals surface area contributed by atoms with Crippen LogP contribution in [0.2, 0.25) is 0 Å². The summed E-state index contributed by atoms with van der Waals surface area (Å²) in [4.78, 5) is 9.55. The highest BCUT2D eigenvalue weighted by atomic mass is 16.5. The van der Waals surface area contributed by atoms with E-state index in [0.717, 1.165) is 43.9 Å². The summed E-state index contributed by atoms with van der Waals surface area (Å²) in [7, 11) is 0. The third kappa shape index (κ3) is 2.80. The van der Waals surface area contributed by atoms with E-state index in [2.05, 4.69) is 25.2 Å². The molecule has 2 fully saturated rings. The molecule has 0 saturated carbocycles. The fraction of sp³-hybridized carbons (Fsp3) is 0.750. The molecule has 4 heteroatoms. The number of aryl methyl sites for hydroxylation is 1. The van der Waals surface area contributed by atoms with Gasteiger partial charge in [0.25, 0.3) is 0 Å². The van der Waals surface area contributed by atoms with Crippen LogP contribution in [0, 0.1) is 0 Å². The molecule has 3 unspecified atom stereocenters. The maximum Gasteiger partial charge on any atom is 0.136 e. The number of nitrogens with zero attached hydrogens (tertiary/aromatic N) is 2. The molecule has 1 aromatic rings. The maximum absolute atomic E-state index is 5.96. The zero-order chi connectivity index (χ0) is 13.9. The summed E-state index contributed by atoms with van der Waals surface area (Å²) in [6.07, 6.45) is 7.57. The number of fused-ring (bicyclic) bond motifs is 2. The van der Waals surface area contributed by atoms with Gasteiger partial charge in [-0.1, -0.05) is 20.3 Å². The number of nitrogens with one attached hydrogen (secondary N) is 1. The second-order valence-electron chi connectivity index (χ2n) is 6.00. The fourth-order valence-corrected chi connectivity index (χ4v) is 3.32. The first kappa shape index (κ1) is 13.8. The molecule has 1 N–H and O–H groups in total. The van der Waals surface area contributed by atoms with Gasteiger partial charge in [-0.3, -0.25) is 0 Å². The minimum atomic E-state index is 0.357. The van der Waals surface area contributed by atoms with Crippen LogP contribution in [0.1, 0.15) is 63.4 Å². The molecule has 0 aromatic carbocycles. The van der Waals surface area contributed by atoms with Crippen molar-refractivity contribution in [3.05, 3.63) is 17.6 Å². The highest BCUT2D eigenvalue weighted by Gasteiger charge is 2.43. The second-order valence-corrected chi connectivity index (χ2v) is 6.00. The van der Waals surface area contributed by atoms with Gasteiger partial charge >= 0.3 is 0 Å². The van der Waals surface area contributed by atoms with Crippen LogP contribution in [0.15, 0.2) is 6.07 Å².